The number of hydrogen-bond donors (Lipinski definition) is 1. The van der Waals surface area contributed by atoms with Crippen LogP contribution in [0.3, 0.4) is 0 Å². The standard InChI is InChI=1S/C27H21F2N5O7S/c1-32-11-18-17-5-13(12-42(2,39)40)16(27(38)41-34-21(35)3-4-22(34)36)7-20(17)33(25-19(29)6-15(28)9-31-25)10-14-8-30-24(23(14)18)26(32)37/h5-9,11,30H,3-4,10,12H2,1-2H3. The van der Waals surface area contributed by atoms with Crippen molar-refractivity contribution in [3.63, 3.8) is 0 Å². The Morgan fingerprint density at radius 3 is 2.48 bits per heavy atom. The number of benzene rings is 1. The third-order valence-electron chi connectivity index (χ3n) is 7.08. The van der Waals surface area contributed by atoms with Gasteiger partial charge in [0.15, 0.2) is 21.5 Å². The van der Waals surface area contributed by atoms with Crippen LogP contribution in [0.5, 0.6) is 0 Å². The van der Waals surface area contributed by atoms with Gasteiger partial charge in [0.25, 0.3) is 17.4 Å². The van der Waals surface area contributed by atoms with Gasteiger partial charge in [-0.05, 0) is 23.3 Å². The molecule has 0 unspecified atom stereocenters. The summed E-state index contributed by atoms with van der Waals surface area (Å²) in [5.74, 6) is -5.56. The van der Waals surface area contributed by atoms with Gasteiger partial charge in [-0.25, -0.2) is 27.0 Å². The van der Waals surface area contributed by atoms with Crippen LogP contribution in [0.25, 0.3) is 22.0 Å². The number of carbonyl (C=O) groups excluding carboxylic acids is 3. The van der Waals surface area contributed by atoms with E-state index in [4.69, 9.17) is 4.84 Å². The van der Waals surface area contributed by atoms with Gasteiger partial charge in [-0.15, -0.1) is 5.06 Å². The summed E-state index contributed by atoms with van der Waals surface area (Å²) in [6.45, 7) is -0.0915. The summed E-state index contributed by atoms with van der Waals surface area (Å²) in [5.41, 5.74) is 1.00. The van der Waals surface area contributed by atoms with Crippen molar-refractivity contribution in [3.05, 3.63) is 75.5 Å². The van der Waals surface area contributed by atoms with Crippen LogP contribution in [0, 0.1) is 11.6 Å². The molecule has 0 spiro atoms. The van der Waals surface area contributed by atoms with Gasteiger partial charge in [-0.3, -0.25) is 14.4 Å². The molecule has 3 aromatic heterocycles. The minimum Gasteiger partial charge on any atom is -0.356 e. The molecule has 4 aromatic rings. The minimum atomic E-state index is -3.76. The number of nitrogens with zero attached hydrogens (tertiary/aromatic N) is 4. The van der Waals surface area contributed by atoms with Crippen molar-refractivity contribution in [1.82, 2.24) is 19.6 Å². The molecule has 2 amide bonds. The predicted octanol–water partition coefficient (Wildman–Crippen LogP) is 2.62. The first-order valence-electron chi connectivity index (χ1n) is 12.5. The Morgan fingerprint density at radius 1 is 1.10 bits per heavy atom. The van der Waals surface area contributed by atoms with Crippen LogP contribution >= 0.6 is 0 Å². The van der Waals surface area contributed by atoms with Crippen molar-refractivity contribution in [1.29, 1.82) is 0 Å². The van der Waals surface area contributed by atoms with Crippen LogP contribution in [-0.2, 0) is 43.6 Å². The van der Waals surface area contributed by atoms with E-state index in [0.717, 1.165) is 12.5 Å². The number of pyridine rings is 2. The molecular formula is C27H21F2N5O7S. The molecule has 2 aliphatic rings. The van der Waals surface area contributed by atoms with Gasteiger partial charge in [0.2, 0.25) is 0 Å². The molecule has 1 saturated heterocycles. The minimum absolute atomic E-state index is 0.0335. The average Bonchev–Trinajstić information content (AvgIpc) is 3.43. The number of aryl methyl sites for hydroxylation is 1. The van der Waals surface area contributed by atoms with E-state index in [-0.39, 0.29) is 53.1 Å². The lowest BCUT2D eigenvalue weighted by atomic mass is 9.96. The summed E-state index contributed by atoms with van der Waals surface area (Å²) in [7, 11) is -2.23. The average molecular weight is 598 g/mol. The number of sulfone groups is 1. The second-order valence-corrected chi connectivity index (χ2v) is 12.3. The first-order chi connectivity index (χ1) is 19.8. The van der Waals surface area contributed by atoms with E-state index in [2.05, 4.69) is 9.97 Å². The molecule has 0 saturated carbocycles. The lowest BCUT2D eigenvalue weighted by Gasteiger charge is -2.26. The summed E-state index contributed by atoms with van der Waals surface area (Å²) in [4.78, 5) is 63.9. The summed E-state index contributed by atoms with van der Waals surface area (Å²) in [6.07, 6.45) is 4.56. The first kappa shape index (κ1) is 27.3. The number of aromatic amines is 1. The molecule has 0 bridgehead atoms. The fraction of sp³-hybridized carbons (Fsp3) is 0.222. The molecule has 12 nitrogen and oxygen atoms in total. The van der Waals surface area contributed by atoms with Crippen LogP contribution in [0.1, 0.15) is 34.3 Å². The number of halogens is 2. The highest BCUT2D eigenvalue weighted by molar-refractivity contribution is 7.89. The SMILES string of the molecule is Cn1cc2c3c(c[nH]c3c1=O)CN(c1ncc(F)cc1F)c1cc(C(=O)ON3C(=O)CCC3=O)c(CS(C)(=O)=O)cc1-2. The molecule has 0 radical (unpaired) electrons. The zero-order chi connectivity index (χ0) is 30.1. The summed E-state index contributed by atoms with van der Waals surface area (Å²) in [5, 5.41) is 0.817. The van der Waals surface area contributed by atoms with Crippen molar-refractivity contribution in [2.75, 3.05) is 11.2 Å². The van der Waals surface area contributed by atoms with Gasteiger partial charge in [0, 0.05) is 61.1 Å². The number of amides is 2. The number of nitrogens with one attached hydrogen (secondary N) is 1. The third kappa shape index (κ3) is 4.51. The molecule has 0 atom stereocenters. The topological polar surface area (TPSA) is 152 Å². The molecule has 15 heteroatoms. The van der Waals surface area contributed by atoms with E-state index in [0.29, 0.717) is 33.2 Å². The van der Waals surface area contributed by atoms with Gasteiger partial charge < -0.3 is 19.3 Å². The quantitative estimate of drug-likeness (QED) is 0.342. The van der Waals surface area contributed by atoms with Crippen LogP contribution in [0.4, 0.5) is 20.3 Å². The Balaban J connectivity index is 1.64. The molecular weight excluding hydrogens is 576 g/mol. The Bertz CT molecular complexity index is 2020. The second-order valence-electron chi connectivity index (χ2n) is 10.1. The maximum absolute atomic E-state index is 15.2. The van der Waals surface area contributed by atoms with Gasteiger partial charge in [-0.1, -0.05) is 0 Å². The van der Waals surface area contributed by atoms with E-state index in [9.17, 15) is 32.0 Å². The molecule has 2 aliphatic heterocycles. The maximum atomic E-state index is 15.2. The molecule has 6 rings (SSSR count). The molecule has 216 valence electrons. The van der Waals surface area contributed by atoms with Gasteiger partial charge in [0.05, 0.1) is 29.7 Å². The number of rotatable bonds is 5. The number of fused-ring (bicyclic) bond motifs is 2. The fourth-order valence-corrected chi connectivity index (χ4v) is 6.07. The highest BCUT2D eigenvalue weighted by Gasteiger charge is 2.35. The first-order valence-corrected chi connectivity index (χ1v) is 14.6. The van der Waals surface area contributed by atoms with Crippen LogP contribution in [-0.4, -0.2) is 52.1 Å². The second kappa shape index (κ2) is 9.58. The molecule has 0 aliphatic carbocycles. The lowest BCUT2D eigenvalue weighted by molar-refractivity contribution is -0.172. The normalized spacial score (nSPS) is 14.9. The van der Waals surface area contributed by atoms with Crippen molar-refractivity contribution >= 4 is 50.0 Å². The molecule has 1 fully saturated rings. The van der Waals surface area contributed by atoms with E-state index in [1.807, 2.05) is 0 Å². The predicted molar refractivity (Wildman–Crippen MR) is 144 cm³/mol. The number of anilines is 2. The zero-order valence-electron chi connectivity index (χ0n) is 22.1. The lowest BCUT2D eigenvalue weighted by Crippen LogP contribution is -2.32. The number of imide groups is 1. The van der Waals surface area contributed by atoms with Crippen molar-refractivity contribution in [3.8, 4) is 11.1 Å². The summed E-state index contributed by atoms with van der Waals surface area (Å²) >= 11 is 0. The van der Waals surface area contributed by atoms with E-state index in [1.54, 1.807) is 6.20 Å². The smallest absolute Gasteiger partial charge is 0.356 e. The zero-order valence-corrected chi connectivity index (χ0v) is 22.9. The van der Waals surface area contributed by atoms with E-state index in [1.165, 1.54) is 34.8 Å². The molecule has 5 heterocycles. The Kier molecular flexibility index (Phi) is 6.22. The number of H-pyrrole nitrogens is 1. The Labute approximate surface area is 236 Å². The van der Waals surface area contributed by atoms with Gasteiger partial charge in [-0.2, -0.15) is 0 Å². The molecule has 42 heavy (non-hydrogen) atoms. The largest absolute Gasteiger partial charge is 0.364 e. The fourth-order valence-electron chi connectivity index (χ4n) is 5.27. The third-order valence-corrected chi connectivity index (χ3v) is 7.92. The summed E-state index contributed by atoms with van der Waals surface area (Å²) < 4.78 is 55.2. The molecule has 1 aromatic carbocycles. The highest BCUT2D eigenvalue weighted by Crippen LogP contribution is 2.45. The van der Waals surface area contributed by atoms with Crippen molar-refractivity contribution in [2.24, 2.45) is 7.05 Å². The molecule has 1 N–H and O–H groups in total. The van der Waals surface area contributed by atoms with Gasteiger partial charge >= 0.3 is 5.97 Å². The monoisotopic (exact) mass is 597 g/mol. The Morgan fingerprint density at radius 2 is 1.81 bits per heavy atom. The number of hydroxylamine groups is 2. The number of hydrogen-bond acceptors (Lipinski definition) is 9. The highest BCUT2D eigenvalue weighted by atomic mass is 32.2. The van der Waals surface area contributed by atoms with Crippen molar-refractivity contribution < 1.29 is 36.4 Å². The van der Waals surface area contributed by atoms with E-state index < -0.39 is 45.0 Å². The van der Waals surface area contributed by atoms with Crippen LogP contribution in [0.15, 0.2) is 41.6 Å². The summed E-state index contributed by atoms with van der Waals surface area (Å²) in [6, 6.07) is 3.29. The van der Waals surface area contributed by atoms with E-state index >= 15 is 4.39 Å². The number of aromatic nitrogens is 3. The van der Waals surface area contributed by atoms with Crippen molar-refractivity contribution in [2.45, 2.75) is 25.1 Å². The maximum Gasteiger partial charge on any atom is 0.364 e. The van der Waals surface area contributed by atoms with Gasteiger partial charge in [0.1, 0.15) is 11.3 Å². The Hall–Kier alpha value is -4.92. The van der Waals surface area contributed by atoms with Crippen LogP contribution < -0.4 is 10.5 Å². The number of carbonyl (C=O) groups is 3. The van der Waals surface area contributed by atoms with Crippen LogP contribution in [0.2, 0.25) is 0 Å².